The van der Waals surface area contributed by atoms with Gasteiger partial charge in [0.1, 0.15) is 0 Å². The minimum atomic E-state index is 0.103. The molecule has 0 bridgehead atoms. The van der Waals surface area contributed by atoms with E-state index in [1.807, 2.05) is 6.20 Å². The van der Waals surface area contributed by atoms with Gasteiger partial charge in [0.05, 0.1) is 22.3 Å². The molecule has 1 aliphatic carbocycles. The van der Waals surface area contributed by atoms with Crippen molar-refractivity contribution in [3.05, 3.63) is 16.9 Å². The van der Waals surface area contributed by atoms with Crippen LogP contribution in [-0.2, 0) is 4.74 Å². The van der Waals surface area contributed by atoms with E-state index >= 15 is 0 Å². The summed E-state index contributed by atoms with van der Waals surface area (Å²) in [5.41, 5.74) is 0.103. The van der Waals surface area contributed by atoms with E-state index in [9.17, 15) is 0 Å². The molecule has 1 saturated heterocycles. The van der Waals surface area contributed by atoms with Crippen LogP contribution in [0.3, 0.4) is 0 Å². The number of hydrogen-bond donors (Lipinski definition) is 0. The molecule has 0 N–H and O–H groups in total. The third-order valence-electron chi connectivity index (χ3n) is 3.71. The molecule has 2 heterocycles. The molecule has 1 aliphatic heterocycles. The lowest BCUT2D eigenvalue weighted by Gasteiger charge is -2.30. The van der Waals surface area contributed by atoms with Gasteiger partial charge in [-0.2, -0.15) is 5.10 Å². The van der Waals surface area contributed by atoms with Gasteiger partial charge in [-0.3, -0.25) is 4.68 Å². The molecule has 82 valence electrons. The van der Waals surface area contributed by atoms with Crippen molar-refractivity contribution in [1.29, 1.82) is 0 Å². The van der Waals surface area contributed by atoms with Crippen LogP contribution in [0.1, 0.15) is 38.1 Å². The fourth-order valence-electron chi connectivity index (χ4n) is 3.06. The van der Waals surface area contributed by atoms with Crippen LogP contribution >= 0.6 is 15.9 Å². The van der Waals surface area contributed by atoms with Crippen LogP contribution in [0.15, 0.2) is 16.9 Å². The van der Waals surface area contributed by atoms with Gasteiger partial charge in [0.2, 0.25) is 0 Å². The van der Waals surface area contributed by atoms with Crippen LogP contribution < -0.4 is 0 Å². The molecule has 3 rings (SSSR count). The van der Waals surface area contributed by atoms with E-state index in [-0.39, 0.29) is 5.60 Å². The first-order chi connectivity index (χ1) is 7.30. The van der Waals surface area contributed by atoms with Crippen molar-refractivity contribution < 1.29 is 4.74 Å². The van der Waals surface area contributed by atoms with E-state index in [1.54, 1.807) is 0 Å². The average molecular weight is 271 g/mol. The highest BCUT2D eigenvalue weighted by Crippen LogP contribution is 2.47. The number of rotatable bonds is 1. The molecule has 0 radical (unpaired) electrons. The lowest BCUT2D eigenvalue weighted by molar-refractivity contribution is -0.0248. The summed E-state index contributed by atoms with van der Waals surface area (Å²) in [6.45, 7) is 0.930. The summed E-state index contributed by atoms with van der Waals surface area (Å²) < 4.78 is 9.15. The van der Waals surface area contributed by atoms with Gasteiger partial charge in [0.25, 0.3) is 0 Å². The van der Waals surface area contributed by atoms with Gasteiger partial charge in [-0.05, 0) is 48.0 Å². The van der Waals surface area contributed by atoms with Crippen molar-refractivity contribution >= 4 is 15.9 Å². The molecular formula is C11H15BrN2O. The highest BCUT2D eigenvalue weighted by atomic mass is 79.9. The number of nitrogens with zero attached hydrogens (tertiary/aromatic N) is 2. The third kappa shape index (κ3) is 1.54. The highest BCUT2D eigenvalue weighted by molar-refractivity contribution is 9.10. The largest absolute Gasteiger partial charge is 0.373 e. The molecule has 3 nitrogen and oxygen atoms in total. The van der Waals surface area contributed by atoms with Crippen molar-refractivity contribution in [3.63, 3.8) is 0 Å². The molecule has 1 spiro atoms. The van der Waals surface area contributed by atoms with Gasteiger partial charge in [0.15, 0.2) is 0 Å². The van der Waals surface area contributed by atoms with Crippen LogP contribution in [0.25, 0.3) is 0 Å². The lowest BCUT2D eigenvalue weighted by Crippen LogP contribution is -2.34. The molecule has 2 fully saturated rings. The maximum atomic E-state index is 6.00. The Balaban J connectivity index is 1.91. The molecule has 1 aromatic rings. The Hall–Kier alpha value is -0.350. The van der Waals surface area contributed by atoms with Crippen LogP contribution in [0.4, 0.5) is 0 Å². The first-order valence-electron chi connectivity index (χ1n) is 5.64. The van der Waals surface area contributed by atoms with E-state index in [1.165, 1.54) is 32.1 Å². The number of hydrogen-bond acceptors (Lipinski definition) is 2. The molecule has 0 amide bonds. The minimum absolute atomic E-state index is 0.103. The Bertz CT molecular complexity index is 352. The molecule has 15 heavy (non-hydrogen) atoms. The first-order valence-corrected chi connectivity index (χ1v) is 6.43. The Morgan fingerprint density at radius 3 is 3.00 bits per heavy atom. The highest BCUT2D eigenvalue weighted by Gasteiger charge is 2.47. The number of ether oxygens (including phenoxy) is 1. The lowest BCUT2D eigenvalue weighted by atomic mass is 9.94. The molecular weight excluding hydrogens is 256 g/mol. The van der Waals surface area contributed by atoms with Crippen molar-refractivity contribution in [3.8, 4) is 0 Å². The summed E-state index contributed by atoms with van der Waals surface area (Å²) >= 11 is 3.45. The normalized spacial score (nSPS) is 35.4. The molecule has 2 atom stereocenters. The fraction of sp³-hybridized carbons (Fsp3) is 0.727. The minimum Gasteiger partial charge on any atom is -0.373 e. The summed E-state index contributed by atoms with van der Waals surface area (Å²) in [5.74, 6) is 0. The summed E-state index contributed by atoms with van der Waals surface area (Å²) in [6.07, 6.45) is 10.0. The quantitative estimate of drug-likeness (QED) is 0.785. The van der Waals surface area contributed by atoms with Crippen LogP contribution in [0, 0.1) is 0 Å². The average Bonchev–Trinajstić information content (AvgIpc) is 2.90. The topological polar surface area (TPSA) is 27.1 Å². The zero-order valence-corrected chi connectivity index (χ0v) is 10.2. The molecule has 1 unspecified atom stereocenters. The molecule has 2 aliphatic rings. The maximum Gasteiger partial charge on any atom is 0.0906 e. The van der Waals surface area contributed by atoms with Gasteiger partial charge in [0, 0.05) is 12.8 Å². The SMILES string of the molecule is Brc1cnn(C2CCC[C@]23CCCO3)c1. The van der Waals surface area contributed by atoms with Gasteiger partial charge in [-0.15, -0.1) is 0 Å². The predicted molar refractivity (Wildman–Crippen MR) is 60.7 cm³/mol. The van der Waals surface area contributed by atoms with E-state index in [2.05, 4.69) is 31.9 Å². The van der Waals surface area contributed by atoms with Crippen molar-refractivity contribution in [2.75, 3.05) is 6.61 Å². The van der Waals surface area contributed by atoms with Crippen molar-refractivity contribution in [2.45, 2.75) is 43.7 Å². The third-order valence-corrected chi connectivity index (χ3v) is 4.12. The van der Waals surface area contributed by atoms with Crippen molar-refractivity contribution in [2.24, 2.45) is 0 Å². The molecule has 1 aromatic heterocycles. The predicted octanol–water partition coefficient (Wildman–Crippen LogP) is 2.92. The first kappa shape index (κ1) is 9.85. The van der Waals surface area contributed by atoms with Crippen LogP contribution in [0.2, 0.25) is 0 Å². The number of aromatic nitrogens is 2. The van der Waals surface area contributed by atoms with E-state index in [4.69, 9.17) is 4.74 Å². The molecule has 1 saturated carbocycles. The second-order valence-electron chi connectivity index (χ2n) is 4.56. The summed E-state index contributed by atoms with van der Waals surface area (Å²) in [7, 11) is 0. The van der Waals surface area contributed by atoms with Gasteiger partial charge in [-0.1, -0.05) is 0 Å². The second-order valence-corrected chi connectivity index (χ2v) is 5.48. The standard InChI is InChI=1S/C11H15BrN2O/c12-9-7-13-14(8-9)10-3-1-4-11(10)5-2-6-15-11/h7-8,10H,1-6H2/t10?,11-/m0/s1. The Labute approximate surface area is 97.9 Å². The van der Waals surface area contributed by atoms with Crippen LogP contribution in [0.5, 0.6) is 0 Å². The zero-order chi connectivity index (χ0) is 10.3. The summed E-state index contributed by atoms with van der Waals surface area (Å²) in [5, 5.41) is 4.41. The molecule has 4 heteroatoms. The Kier molecular flexibility index (Phi) is 2.36. The summed E-state index contributed by atoms with van der Waals surface area (Å²) in [4.78, 5) is 0. The van der Waals surface area contributed by atoms with Gasteiger partial charge >= 0.3 is 0 Å². The van der Waals surface area contributed by atoms with Gasteiger partial charge < -0.3 is 4.74 Å². The fourth-order valence-corrected chi connectivity index (χ4v) is 3.36. The van der Waals surface area contributed by atoms with Crippen LogP contribution in [-0.4, -0.2) is 22.0 Å². The maximum absolute atomic E-state index is 6.00. The van der Waals surface area contributed by atoms with E-state index in [0.29, 0.717) is 6.04 Å². The Morgan fingerprint density at radius 1 is 1.47 bits per heavy atom. The summed E-state index contributed by atoms with van der Waals surface area (Å²) in [6, 6.07) is 0.450. The van der Waals surface area contributed by atoms with Gasteiger partial charge in [-0.25, -0.2) is 0 Å². The Morgan fingerprint density at radius 2 is 2.33 bits per heavy atom. The molecule has 0 aromatic carbocycles. The second kappa shape index (κ2) is 3.59. The smallest absolute Gasteiger partial charge is 0.0906 e. The van der Waals surface area contributed by atoms with Crippen molar-refractivity contribution in [1.82, 2.24) is 9.78 Å². The number of halogens is 1. The van der Waals surface area contributed by atoms with E-state index < -0.39 is 0 Å². The van der Waals surface area contributed by atoms with E-state index in [0.717, 1.165) is 11.1 Å². The monoisotopic (exact) mass is 270 g/mol. The zero-order valence-electron chi connectivity index (χ0n) is 8.66.